The van der Waals surface area contributed by atoms with Crippen LogP contribution in [-0.2, 0) is 4.74 Å². The number of nitrogens with one attached hydrogen (secondary N) is 1. The summed E-state index contributed by atoms with van der Waals surface area (Å²) in [4.78, 5) is 12.8. The fourth-order valence-electron chi connectivity index (χ4n) is 1.52. The molecule has 2 aliphatic rings. The molecule has 0 aliphatic carbocycles. The fourth-order valence-corrected chi connectivity index (χ4v) is 1.52. The topological polar surface area (TPSA) is 41.6 Å². The Hall–Kier alpha value is -0.770. The van der Waals surface area contributed by atoms with Gasteiger partial charge in [-0.3, -0.25) is 0 Å². The maximum Gasteiger partial charge on any atom is 0.410 e. The van der Waals surface area contributed by atoms with Gasteiger partial charge in [0.25, 0.3) is 0 Å². The van der Waals surface area contributed by atoms with Crippen LogP contribution < -0.4 is 5.32 Å². The van der Waals surface area contributed by atoms with E-state index in [0.29, 0.717) is 0 Å². The average molecular weight is 156 g/mol. The van der Waals surface area contributed by atoms with E-state index in [1.165, 1.54) is 0 Å². The van der Waals surface area contributed by atoms with Crippen LogP contribution in [0.4, 0.5) is 4.79 Å². The number of rotatable bonds is 1. The summed E-state index contributed by atoms with van der Waals surface area (Å²) in [6.45, 7) is 5.10. The van der Waals surface area contributed by atoms with E-state index >= 15 is 0 Å². The number of nitrogens with zero attached hydrogens (tertiary/aromatic N) is 1. The van der Waals surface area contributed by atoms with Gasteiger partial charge in [-0.05, 0) is 6.92 Å². The molecule has 0 atom stereocenters. The maximum atomic E-state index is 11.1. The molecule has 0 aromatic rings. The molecule has 2 fully saturated rings. The van der Waals surface area contributed by atoms with E-state index < -0.39 is 0 Å². The summed E-state index contributed by atoms with van der Waals surface area (Å²) in [6, 6.07) is 0. The van der Waals surface area contributed by atoms with Crippen LogP contribution >= 0.6 is 0 Å². The van der Waals surface area contributed by atoms with Crippen molar-refractivity contribution in [3.05, 3.63) is 0 Å². The minimum atomic E-state index is -0.174. The number of amides is 1. The summed E-state index contributed by atoms with van der Waals surface area (Å²) in [5.74, 6) is 0. The van der Waals surface area contributed by atoms with Gasteiger partial charge in [0.1, 0.15) is 0 Å². The van der Waals surface area contributed by atoms with Gasteiger partial charge < -0.3 is 15.0 Å². The summed E-state index contributed by atoms with van der Waals surface area (Å²) in [5.41, 5.74) is -0.174. The lowest BCUT2D eigenvalue weighted by Gasteiger charge is -2.36. The van der Waals surface area contributed by atoms with Crippen molar-refractivity contribution in [2.24, 2.45) is 0 Å². The van der Waals surface area contributed by atoms with E-state index in [1.807, 2.05) is 6.92 Å². The monoisotopic (exact) mass is 156 g/mol. The van der Waals surface area contributed by atoms with Crippen LogP contribution in [0, 0.1) is 0 Å². The van der Waals surface area contributed by atoms with Crippen molar-refractivity contribution in [3.8, 4) is 0 Å². The SMILES string of the molecule is CCN1CC2(CNC2)OC1=O. The Morgan fingerprint density at radius 3 is 2.73 bits per heavy atom. The van der Waals surface area contributed by atoms with Gasteiger partial charge in [0.05, 0.1) is 6.54 Å². The maximum absolute atomic E-state index is 11.1. The molecule has 2 saturated heterocycles. The van der Waals surface area contributed by atoms with E-state index in [2.05, 4.69) is 5.32 Å². The summed E-state index contributed by atoms with van der Waals surface area (Å²) < 4.78 is 5.21. The smallest absolute Gasteiger partial charge is 0.410 e. The van der Waals surface area contributed by atoms with Crippen molar-refractivity contribution in [1.29, 1.82) is 0 Å². The Morgan fingerprint density at radius 2 is 2.45 bits per heavy atom. The highest BCUT2D eigenvalue weighted by Gasteiger charge is 2.48. The van der Waals surface area contributed by atoms with Crippen molar-refractivity contribution < 1.29 is 9.53 Å². The molecule has 4 heteroatoms. The van der Waals surface area contributed by atoms with Gasteiger partial charge in [-0.2, -0.15) is 0 Å². The summed E-state index contributed by atoms with van der Waals surface area (Å²) in [5, 5.41) is 3.11. The molecule has 0 aromatic heterocycles. The molecule has 2 rings (SSSR count). The number of carbonyl (C=O) groups excluding carboxylic acids is 1. The Balaban J connectivity index is 2.05. The second-order valence-corrected chi connectivity index (χ2v) is 3.17. The van der Waals surface area contributed by atoms with Crippen LogP contribution in [0.5, 0.6) is 0 Å². The molecule has 1 spiro atoms. The van der Waals surface area contributed by atoms with E-state index in [0.717, 1.165) is 26.2 Å². The van der Waals surface area contributed by atoms with Gasteiger partial charge >= 0.3 is 6.09 Å². The Labute approximate surface area is 65.5 Å². The van der Waals surface area contributed by atoms with Gasteiger partial charge in [-0.25, -0.2) is 4.79 Å². The summed E-state index contributed by atoms with van der Waals surface area (Å²) in [6.07, 6.45) is -0.158. The van der Waals surface area contributed by atoms with Gasteiger partial charge in [-0.15, -0.1) is 0 Å². The Bertz CT molecular complexity index is 189. The standard InChI is InChI=1S/C7H12N2O2/c1-2-9-5-7(3-8-4-7)11-6(9)10/h8H,2-5H2,1H3. The number of hydrogen-bond donors (Lipinski definition) is 1. The van der Waals surface area contributed by atoms with Gasteiger partial charge in [0.2, 0.25) is 0 Å². The highest BCUT2D eigenvalue weighted by molar-refractivity contribution is 5.71. The predicted octanol–water partition coefficient (Wildman–Crippen LogP) is -0.199. The molecular weight excluding hydrogens is 144 g/mol. The quantitative estimate of drug-likeness (QED) is 0.571. The van der Waals surface area contributed by atoms with Crippen LogP contribution in [0.25, 0.3) is 0 Å². The first-order chi connectivity index (χ1) is 5.26. The molecule has 0 bridgehead atoms. The zero-order valence-corrected chi connectivity index (χ0v) is 6.59. The highest BCUT2D eigenvalue weighted by Crippen LogP contribution is 2.25. The minimum Gasteiger partial charge on any atom is -0.438 e. The molecule has 1 amide bonds. The summed E-state index contributed by atoms with van der Waals surface area (Å²) in [7, 11) is 0. The Morgan fingerprint density at radius 1 is 1.73 bits per heavy atom. The third-order valence-electron chi connectivity index (χ3n) is 2.32. The van der Waals surface area contributed by atoms with Gasteiger partial charge in [0.15, 0.2) is 5.60 Å². The molecule has 11 heavy (non-hydrogen) atoms. The third-order valence-corrected chi connectivity index (χ3v) is 2.32. The molecule has 0 radical (unpaired) electrons. The van der Waals surface area contributed by atoms with E-state index in [1.54, 1.807) is 4.90 Å². The molecule has 0 unspecified atom stereocenters. The van der Waals surface area contributed by atoms with Crippen LogP contribution in [0.1, 0.15) is 6.92 Å². The highest BCUT2D eigenvalue weighted by atomic mass is 16.6. The zero-order chi connectivity index (χ0) is 7.90. The van der Waals surface area contributed by atoms with Crippen LogP contribution in [0.2, 0.25) is 0 Å². The third kappa shape index (κ3) is 0.894. The van der Waals surface area contributed by atoms with Gasteiger partial charge in [0, 0.05) is 19.6 Å². The molecule has 2 heterocycles. The lowest BCUT2D eigenvalue weighted by molar-refractivity contribution is 0.0140. The summed E-state index contributed by atoms with van der Waals surface area (Å²) >= 11 is 0. The van der Waals surface area contributed by atoms with Crippen LogP contribution in [0.3, 0.4) is 0 Å². The first-order valence-electron chi connectivity index (χ1n) is 3.94. The molecule has 4 nitrogen and oxygen atoms in total. The number of ether oxygens (including phenoxy) is 1. The van der Waals surface area contributed by atoms with E-state index in [4.69, 9.17) is 4.74 Å². The van der Waals surface area contributed by atoms with E-state index in [-0.39, 0.29) is 11.7 Å². The largest absolute Gasteiger partial charge is 0.438 e. The van der Waals surface area contributed by atoms with Crippen molar-refractivity contribution in [1.82, 2.24) is 10.2 Å². The molecule has 1 N–H and O–H groups in total. The predicted molar refractivity (Wildman–Crippen MR) is 39.3 cm³/mol. The zero-order valence-electron chi connectivity index (χ0n) is 6.59. The van der Waals surface area contributed by atoms with Crippen LogP contribution in [-0.4, -0.2) is 42.8 Å². The second kappa shape index (κ2) is 2.11. The van der Waals surface area contributed by atoms with Crippen molar-refractivity contribution >= 4 is 6.09 Å². The first-order valence-corrected chi connectivity index (χ1v) is 3.94. The average Bonchev–Trinajstić information content (AvgIpc) is 2.26. The minimum absolute atomic E-state index is 0.158. The lowest BCUT2D eigenvalue weighted by Crippen LogP contribution is -2.61. The number of carbonyl (C=O) groups is 1. The first kappa shape index (κ1) is 6.91. The molecular formula is C7H12N2O2. The molecule has 0 aromatic carbocycles. The van der Waals surface area contributed by atoms with Crippen molar-refractivity contribution in [2.75, 3.05) is 26.2 Å². The van der Waals surface area contributed by atoms with Crippen molar-refractivity contribution in [3.63, 3.8) is 0 Å². The molecule has 62 valence electrons. The fraction of sp³-hybridized carbons (Fsp3) is 0.857. The van der Waals surface area contributed by atoms with Crippen molar-refractivity contribution in [2.45, 2.75) is 12.5 Å². The normalized spacial score (nSPS) is 27.0. The lowest BCUT2D eigenvalue weighted by atomic mass is 9.97. The van der Waals surface area contributed by atoms with Gasteiger partial charge in [-0.1, -0.05) is 0 Å². The number of likely N-dealkylation sites (N-methyl/N-ethyl adjacent to an activating group) is 1. The van der Waals surface area contributed by atoms with Crippen LogP contribution in [0.15, 0.2) is 0 Å². The van der Waals surface area contributed by atoms with E-state index in [9.17, 15) is 4.79 Å². The molecule has 2 aliphatic heterocycles. The Kier molecular flexibility index (Phi) is 1.32. The number of hydrogen-bond acceptors (Lipinski definition) is 3. The molecule has 0 saturated carbocycles. The second-order valence-electron chi connectivity index (χ2n) is 3.17.